The monoisotopic (exact) mass is 262 g/mol. The van der Waals surface area contributed by atoms with E-state index in [-0.39, 0.29) is 11.9 Å². The van der Waals surface area contributed by atoms with E-state index in [0.717, 1.165) is 18.4 Å². The third-order valence-electron chi connectivity index (χ3n) is 3.80. The smallest absolute Gasteiger partial charge is 0.223 e. The van der Waals surface area contributed by atoms with Crippen LogP contribution in [0.15, 0.2) is 18.2 Å². The Bertz CT molecular complexity index is 452. The Labute approximate surface area is 116 Å². The topological polar surface area (TPSA) is 69.1 Å². The molecule has 106 valence electrons. The molecule has 1 atom stereocenters. The van der Waals surface area contributed by atoms with Crippen molar-refractivity contribution in [2.24, 2.45) is 16.9 Å². The molecule has 0 saturated heterocycles. The van der Waals surface area contributed by atoms with E-state index >= 15 is 0 Å². The van der Waals surface area contributed by atoms with Gasteiger partial charge in [-0.05, 0) is 36.0 Å². The first kappa shape index (κ1) is 15.7. The molecule has 0 aliphatic carbocycles. The van der Waals surface area contributed by atoms with E-state index in [1.165, 1.54) is 11.1 Å². The molecule has 4 N–H and O–H groups in total. The summed E-state index contributed by atoms with van der Waals surface area (Å²) in [7, 11) is 0. The Balaban J connectivity index is 3.04. The van der Waals surface area contributed by atoms with Gasteiger partial charge in [-0.1, -0.05) is 45.9 Å². The van der Waals surface area contributed by atoms with Crippen molar-refractivity contribution in [3.63, 3.8) is 0 Å². The predicted octanol–water partition coefficient (Wildman–Crippen LogP) is 2.71. The molecule has 1 unspecified atom stereocenters. The van der Waals surface area contributed by atoms with E-state index in [2.05, 4.69) is 32.0 Å². The summed E-state index contributed by atoms with van der Waals surface area (Å²) in [6, 6.07) is 6.31. The van der Waals surface area contributed by atoms with Crippen LogP contribution in [0.4, 0.5) is 0 Å². The summed E-state index contributed by atoms with van der Waals surface area (Å²) in [5, 5.41) is 0. The minimum absolute atomic E-state index is 0.149. The maximum absolute atomic E-state index is 11.4. The molecular formula is C16H26N2O. The van der Waals surface area contributed by atoms with Crippen LogP contribution >= 0.6 is 0 Å². The summed E-state index contributed by atoms with van der Waals surface area (Å²) in [5.41, 5.74) is 14.8. The molecular weight excluding hydrogens is 236 g/mol. The summed E-state index contributed by atoms with van der Waals surface area (Å²) < 4.78 is 0. The molecule has 0 aromatic heterocycles. The second-order valence-corrected chi connectivity index (χ2v) is 5.80. The van der Waals surface area contributed by atoms with Crippen molar-refractivity contribution in [1.82, 2.24) is 0 Å². The average Bonchev–Trinajstić information content (AvgIpc) is 2.37. The van der Waals surface area contributed by atoms with Crippen LogP contribution in [0.25, 0.3) is 0 Å². The first-order valence-corrected chi connectivity index (χ1v) is 6.99. The molecule has 0 aliphatic rings. The van der Waals surface area contributed by atoms with Gasteiger partial charge in [-0.2, -0.15) is 0 Å². The number of carbonyl (C=O) groups excluding carboxylic acids is 1. The van der Waals surface area contributed by atoms with E-state index in [4.69, 9.17) is 11.5 Å². The van der Waals surface area contributed by atoms with Gasteiger partial charge < -0.3 is 11.5 Å². The molecule has 0 heterocycles. The lowest BCUT2D eigenvalue weighted by atomic mass is 9.81. The zero-order valence-electron chi connectivity index (χ0n) is 12.5. The zero-order chi connectivity index (χ0) is 14.6. The van der Waals surface area contributed by atoms with Crippen LogP contribution in [-0.2, 0) is 17.6 Å². The second kappa shape index (κ2) is 6.20. The van der Waals surface area contributed by atoms with Crippen molar-refractivity contribution in [2.45, 2.75) is 53.0 Å². The molecule has 1 amide bonds. The van der Waals surface area contributed by atoms with Crippen molar-refractivity contribution in [3.05, 3.63) is 34.9 Å². The summed E-state index contributed by atoms with van der Waals surface area (Å²) in [5.74, 6) is -0.298. The highest BCUT2D eigenvalue weighted by molar-refractivity contribution is 5.79. The molecule has 0 aliphatic heterocycles. The lowest BCUT2D eigenvalue weighted by Gasteiger charge is -2.26. The molecule has 3 nitrogen and oxygen atoms in total. The van der Waals surface area contributed by atoms with Crippen molar-refractivity contribution in [3.8, 4) is 0 Å². The van der Waals surface area contributed by atoms with Crippen molar-refractivity contribution in [2.75, 3.05) is 0 Å². The number of hydrogen-bond acceptors (Lipinski definition) is 2. The standard InChI is InChI=1S/C16H26N2O/c1-5-11-7-8-12(6-2)13(9-11)14(17)10-16(3,4)15(18)19/h7-9,14H,5-6,10,17H2,1-4H3,(H2,18,19). The number of hydrogen-bond donors (Lipinski definition) is 2. The number of aryl methyl sites for hydroxylation is 2. The fraction of sp³-hybridized carbons (Fsp3) is 0.562. The molecule has 0 radical (unpaired) electrons. The molecule has 19 heavy (non-hydrogen) atoms. The third kappa shape index (κ3) is 3.80. The second-order valence-electron chi connectivity index (χ2n) is 5.80. The third-order valence-corrected chi connectivity index (χ3v) is 3.80. The van der Waals surface area contributed by atoms with E-state index in [1.54, 1.807) is 0 Å². The fourth-order valence-corrected chi connectivity index (χ4v) is 2.29. The lowest BCUT2D eigenvalue weighted by Crippen LogP contribution is -2.34. The average molecular weight is 262 g/mol. The molecule has 1 aromatic rings. The number of amides is 1. The Hall–Kier alpha value is -1.35. The van der Waals surface area contributed by atoms with Gasteiger partial charge >= 0.3 is 0 Å². The van der Waals surface area contributed by atoms with Crippen LogP contribution in [0.2, 0.25) is 0 Å². The van der Waals surface area contributed by atoms with Crippen LogP contribution in [0.3, 0.4) is 0 Å². The van der Waals surface area contributed by atoms with E-state index in [0.29, 0.717) is 6.42 Å². The Morgan fingerprint density at radius 2 is 1.89 bits per heavy atom. The van der Waals surface area contributed by atoms with Crippen molar-refractivity contribution in [1.29, 1.82) is 0 Å². The maximum Gasteiger partial charge on any atom is 0.223 e. The predicted molar refractivity (Wildman–Crippen MR) is 79.7 cm³/mol. The van der Waals surface area contributed by atoms with Gasteiger partial charge in [0.05, 0.1) is 0 Å². The van der Waals surface area contributed by atoms with Gasteiger partial charge in [0.15, 0.2) is 0 Å². The number of nitrogens with two attached hydrogens (primary N) is 2. The highest BCUT2D eigenvalue weighted by Crippen LogP contribution is 2.30. The van der Waals surface area contributed by atoms with Gasteiger partial charge in [0.25, 0.3) is 0 Å². The summed E-state index contributed by atoms with van der Waals surface area (Å²) >= 11 is 0. The summed E-state index contributed by atoms with van der Waals surface area (Å²) in [4.78, 5) is 11.4. The molecule has 0 bridgehead atoms. The SMILES string of the molecule is CCc1ccc(CC)c(C(N)CC(C)(C)C(N)=O)c1. The fourth-order valence-electron chi connectivity index (χ4n) is 2.29. The highest BCUT2D eigenvalue weighted by Gasteiger charge is 2.28. The maximum atomic E-state index is 11.4. The van der Waals surface area contributed by atoms with Gasteiger partial charge in [0, 0.05) is 11.5 Å². The highest BCUT2D eigenvalue weighted by atomic mass is 16.1. The Morgan fingerprint density at radius 3 is 2.37 bits per heavy atom. The minimum atomic E-state index is -0.577. The van der Waals surface area contributed by atoms with E-state index in [9.17, 15) is 4.79 Å². The van der Waals surface area contributed by atoms with Gasteiger partial charge in [0.2, 0.25) is 5.91 Å². The largest absolute Gasteiger partial charge is 0.369 e. The number of primary amides is 1. The van der Waals surface area contributed by atoms with E-state index in [1.807, 2.05) is 13.8 Å². The van der Waals surface area contributed by atoms with Gasteiger partial charge in [-0.15, -0.1) is 0 Å². The molecule has 1 aromatic carbocycles. The van der Waals surface area contributed by atoms with Crippen molar-refractivity contribution < 1.29 is 4.79 Å². The number of rotatable bonds is 6. The Kier molecular flexibility index (Phi) is 5.12. The number of benzene rings is 1. The van der Waals surface area contributed by atoms with Crippen molar-refractivity contribution >= 4 is 5.91 Å². The zero-order valence-corrected chi connectivity index (χ0v) is 12.5. The molecule has 0 fully saturated rings. The lowest BCUT2D eigenvalue weighted by molar-refractivity contribution is -0.126. The Morgan fingerprint density at radius 1 is 1.26 bits per heavy atom. The quantitative estimate of drug-likeness (QED) is 0.827. The minimum Gasteiger partial charge on any atom is -0.369 e. The summed E-state index contributed by atoms with van der Waals surface area (Å²) in [6.07, 6.45) is 2.51. The van der Waals surface area contributed by atoms with E-state index < -0.39 is 5.41 Å². The van der Waals surface area contributed by atoms with Gasteiger partial charge in [-0.25, -0.2) is 0 Å². The first-order valence-electron chi connectivity index (χ1n) is 6.99. The van der Waals surface area contributed by atoms with Crippen LogP contribution < -0.4 is 11.5 Å². The van der Waals surface area contributed by atoms with Crippen LogP contribution in [0, 0.1) is 5.41 Å². The van der Waals surface area contributed by atoms with Crippen LogP contribution in [0.1, 0.15) is 56.8 Å². The molecule has 1 rings (SSSR count). The van der Waals surface area contributed by atoms with Gasteiger partial charge in [-0.3, -0.25) is 4.79 Å². The molecule has 3 heteroatoms. The molecule has 0 spiro atoms. The normalized spacial score (nSPS) is 13.3. The molecule has 0 saturated carbocycles. The van der Waals surface area contributed by atoms with Crippen LogP contribution in [0.5, 0.6) is 0 Å². The first-order chi connectivity index (χ1) is 8.81. The number of carbonyl (C=O) groups is 1. The van der Waals surface area contributed by atoms with Gasteiger partial charge in [0.1, 0.15) is 0 Å². The summed E-state index contributed by atoms with van der Waals surface area (Å²) in [6.45, 7) is 7.95. The van der Waals surface area contributed by atoms with Crippen LogP contribution in [-0.4, -0.2) is 5.91 Å².